The zero-order valence-electron chi connectivity index (χ0n) is 17.0. The maximum Gasteiger partial charge on any atom is 0.305 e. The normalized spacial score (nSPS) is 22.4. The number of esters is 1. The molecule has 1 aromatic rings. The van der Waals surface area contributed by atoms with Crippen molar-refractivity contribution < 1.29 is 14.3 Å². The van der Waals surface area contributed by atoms with Crippen LogP contribution in [-0.2, 0) is 9.53 Å². The molecule has 0 spiro atoms. The van der Waals surface area contributed by atoms with Gasteiger partial charge in [-0.25, -0.2) is 0 Å². The molecule has 1 heterocycles. The molecule has 3 rings (SSSR count). The van der Waals surface area contributed by atoms with Crippen molar-refractivity contribution in [2.75, 3.05) is 20.2 Å². The molecule has 0 bridgehead atoms. The van der Waals surface area contributed by atoms with Gasteiger partial charge in [-0.2, -0.15) is 0 Å². The van der Waals surface area contributed by atoms with Gasteiger partial charge in [0, 0.05) is 12.5 Å². The van der Waals surface area contributed by atoms with Crippen molar-refractivity contribution in [3.8, 4) is 0 Å². The lowest BCUT2D eigenvalue weighted by Gasteiger charge is -2.29. The van der Waals surface area contributed by atoms with E-state index in [1.807, 2.05) is 12.1 Å². The Bertz CT molecular complexity index is 685. The molecular formula is C22H32Cl2N2O3. The maximum absolute atomic E-state index is 12.7. The van der Waals surface area contributed by atoms with Crippen molar-refractivity contribution in [2.45, 2.75) is 63.3 Å². The molecule has 1 saturated heterocycles. The number of ether oxygens (including phenoxy) is 1. The largest absolute Gasteiger partial charge is 0.469 e. The Morgan fingerprint density at radius 2 is 1.83 bits per heavy atom. The van der Waals surface area contributed by atoms with E-state index >= 15 is 0 Å². The van der Waals surface area contributed by atoms with Gasteiger partial charge in [0.1, 0.15) is 0 Å². The second kappa shape index (κ2) is 11.8. The highest BCUT2D eigenvalue weighted by Crippen LogP contribution is 2.30. The summed E-state index contributed by atoms with van der Waals surface area (Å²) in [6.07, 6.45) is 7.54. The third-order valence-corrected chi connectivity index (χ3v) is 6.53. The molecule has 2 N–H and O–H groups in total. The van der Waals surface area contributed by atoms with Crippen LogP contribution < -0.4 is 10.6 Å². The van der Waals surface area contributed by atoms with Crippen LogP contribution >= 0.6 is 24.0 Å². The van der Waals surface area contributed by atoms with Crippen LogP contribution in [0.15, 0.2) is 18.2 Å². The predicted octanol–water partition coefficient (Wildman–Crippen LogP) is 4.47. The zero-order chi connectivity index (χ0) is 19.9. The molecule has 7 heteroatoms. The van der Waals surface area contributed by atoms with Gasteiger partial charge in [-0.05, 0) is 87.6 Å². The number of halogens is 2. The number of benzene rings is 1. The summed E-state index contributed by atoms with van der Waals surface area (Å²) in [4.78, 5) is 24.0. The molecule has 0 radical (unpaired) electrons. The minimum absolute atomic E-state index is 0. The van der Waals surface area contributed by atoms with Crippen LogP contribution in [0, 0.1) is 5.92 Å². The van der Waals surface area contributed by atoms with Gasteiger partial charge in [0.05, 0.1) is 17.7 Å². The molecular weight excluding hydrogens is 411 g/mol. The summed E-state index contributed by atoms with van der Waals surface area (Å²) < 4.78 is 4.71. The van der Waals surface area contributed by atoms with Crippen LogP contribution in [0.3, 0.4) is 0 Å². The molecule has 0 unspecified atom stereocenters. The minimum Gasteiger partial charge on any atom is -0.469 e. The van der Waals surface area contributed by atoms with Crippen LogP contribution in [0.4, 0.5) is 0 Å². The van der Waals surface area contributed by atoms with Gasteiger partial charge in [0.15, 0.2) is 0 Å². The number of piperidine rings is 1. The van der Waals surface area contributed by atoms with E-state index in [0.29, 0.717) is 28.8 Å². The molecule has 1 aliphatic heterocycles. The fraction of sp³-hybridized carbons (Fsp3) is 0.636. The topological polar surface area (TPSA) is 67.4 Å². The Morgan fingerprint density at radius 1 is 1.14 bits per heavy atom. The van der Waals surface area contributed by atoms with E-state index < -0.39 is 0 Å². The summed E-state index contributed by atoms with van der Waals surface area (Å²) in [6, 6.07) is 6.08. The lowest BCUT2D eigenvalue weighted by Crippen LogP contribution is -2.37. The summed E-state index contributed by atoms with van der Waals surface area (Å²) in [5.41, 5.74) is 1.79. The molecule has 1 aliphatic carbocycles. The first-order valence-electron chi connectivity index (χ1n) is 10.4. The monoisotopic (exact) mass is 442 g/mol. The SMILES string of the molecule is COC(=O)CCC1CCC(NC(=O)c2ccc(C3CCNCC3)cc2Cl)CC1.Cl. The second-order valence-electron chi connectivity index (χ2n) is 8.07. The molecule has 1 aromatic carbocycles. The molecule has 1 saturated carbocycles. The first kappa shape index (κ1) is 24.0. The van der Waals surface area contributed by atoms with Crippen molar-refractivity contribution in [1.29, 1.82) is 0 Å². The van der Waals surface area contributed by atoms with E-state index in [4.69, 9.17) is 16.3 Å². The summed E-state index contributed by atoms with van der Waals surface area (Å²) in [7, 11) is 1.43. The Morgan fingerprint density at radius 3 is 2.45 bits per heavy atom. The van der Waals surface area contributed by atoms with Gasteiger partial charge in [0.25, 0.3) is 5.91 Å². The van der Waals surface area contributed by atoms with E-state index in [0.717, 1.165) is 58.0 Å². The first-order valence-corrected chi connectivity index (χ1v) is 10.8. The number of hydrogen-bond donors (Lipinski definition) is 2. The average Bonchev–Trinajstić information content (AvgIpc) is 2.73. The van der Waals surface area contributed by atoms with Gasteiger partial charge >= 0.3 is 5.97 Å². The molecule has 5 nitrogen and oxygen atoms in total. The zero-order valence-corrected chi connectivity index (χ0v) is 18.6. The van der Waals surface area contributed by atoms with E-state index in [1.54, 1.807) is 0 Å². The quantitative estimate of drug-likeness (QED) is 0.637. The lowest BCUT2D eigenvalue weighted by atomic mass is 9.83. The fourth-order valence-electron chi connectivity index (χ4n) is 4.41. The number of amides is 1. The second-order valence-corrected chi connectivity index (χ2v) is 8.48. The van der Waals surface area contributed by atoms with Gasteiger partial charge in [0.2, 0.25) is 0 Å². The fourth-order valence-corrected chi connectivity index (χ4v) is 4.68. The van der Waals surface area contributed by atoms with E-state index in [2.05, 4.69) is 16.7 Å². The minimum atomic E-state index is -0.141. The predicted molar refractivity (Wildman–Crippen MR) is 118 cm³/mol. The van der Waals surface area contributed by atoms with Crippen molar-refractivity contribution in [3.05, 3.63) is 34.3 Å². The van der Waals surface area contributed by atoms with E-state index in [1.165, 1.54) is 12.7 Å². The smallest absolute Gasteiger partial charge is 0.305 e. The molecule has 1 amide bonds. The molecule has 0 atom stereocenters. The number of rotatable bonds is 6. The van der Waals surface area contributed by atoms with Crippen LogP contribution in [0.2, 0.25) is 5.02 Å². The lowest BCUT2D eigenvalue weighted by molar-refractivity contribution is -0.141. The van der Waals surface area contributed by atoms with Crippen LogP contribution in [0.25, 0.3) is 0 Å². The van der Waals surface area contributed by atoms with Crippen LogP contribution in [0.5, 0.6) is 0 Å². The van der Waals surface area contributed by atoms with Gasteiger partial charge in [-0.15, -0.1) is 12.4 Å². The van der Waals surface area contributed by atoms with Gasteiger partial charge in [-0.1, -0.05) is 17.7 Å². The molecule has 29 heavy (non-hydrogen) atoms. The van der Waals surface area contributed by atoms with E-state index in [-0.39, 0.29) is 30.3 Å². The van der Waals surface area contributed by atoms with Crippen molar-refractivity contribution in [3.63, 3.8) is 0 Å². The Balaban J connectivity index is 0.00000300. The number of carbonyl (C=O) groups excluding carboxylic acids is 2. The van der Waals surface area contributed by atoms with Gasteiger partial charge in [-0.3, -0.25) is 9.59 Å². The maximum atomic E-state index is 12.7. The number of hydrogen-bond acceptors (Lipinski definition) is 4. The average molecular weight is 443 g/mol. The highest BCUT2D eigenvalue weighted by Gasteiger charge is 2.24. The molecule has 2 aliphatic rings. The summed E-state index contributed by atoms with van der Waals surface area (Å²) in [6.45, 7) is 2.07. The Labute approximate surface area is 184 Å². The summed E-state index contributed by atoms with van der Waals surface area (Å²) in [5, 5.41) is 7.06. The third-order valence-electron chi connectivity index (χ3n) is 6.21. The Kier molecular flexibility index (Phi) is 9.73. The van der Waals surface area contributed by atoms with E-state index in [9.17, 15) is 9.59 Å². The summed E-state index contributed by atoms with van der Waals surface area (Å²) in [5.74, 6) is 0.842. The number of nitrogens with one attached hydrogen (secondary N) is 2. The highest BCUT2D eigenvalue weighted by molar-refractivity contribution is 6.33. The standard InChI is InChI=1S/C22H31ClN2O3.ClH/c1-28-21(26)9-4-15-2-6-18(7-3-15)25-22(27)19-8-5-17(14-20(19)23)16-10-12-24-13-11-16;/h5,8,14-16,18,24H,2-4,6-7,9-13H2,1H3,(H,25,27);1H. The number of methoxy groups -OCH3 is 1. The molecule has 0 aromatic heterocycles. The van der Waals surface area contributed by atoms with Crippen LogP contribution in [-0.4, -0.2) is 38.1 Å². The molecule has 162 valence electrons. The van der Waals surface area contributed by atoms with Gasteiger partial charge < -0.3 is 15.4 Å². The summed E-state index contributed by atoms with van der Waals surface area (Å²) >= 11 is 6.45. The van der Waals surface area contributed by atoms with Crippen molar-refractivity contribution in [1.82, 2.24) is 10.6 Å². The van der Waals surface area contributed by atoms with Crippen LogP contribution in [0.1, 0.15) is 73.2 Å². The number of carbonyl (C=O) groups is 2. The third kappa shape index (κ3) is 6.87. The highest BCUT2D eigenvalue weighted by atomic mass is 35.5. The van der Waals surface area contributed by atoms with Crippen molar-refractivity contribution in [2.24, 2.45) is 5.92 Å². The molecule has 2 fully saturated rings. The van der Waals surface area contributed by atoms with Crippen molar-refractivity contribution >= 4 is 35.9 Å². The Hall–Kier alpha value is -1.30. The first-order chi connectivity index (χ1) is 13.6.